The molecule has 8 nitrogen and oxygen atoms in total. The summed E-state index contributed by atoms with van der Waals surface area (Å²) >= 11 is 0. The Morgan fingerprint density at radius 3 is 2.38 bits per heavy atom. The van der Waals surface area contributed by atoms with Crippen LogP contribution in [0.4, 0.5) is 5.95 Å². The number of allylic oxidation sites excluding steroid dienone is 1. The highest BCUT2D eigenvalue weighted by atomic mass is 16.5. The molecule has 2 aromatic carbocycles. The number of nitrogens with zero attached hydrogens (tertiary/aromatic N) is 3. The molecule has 29 heavy (non-hydrogen) atoms. The van der Waals surface area contributed by atoms with Crippen LogP contribution in [0.3, 0.4) is 0 Å². The maximum Gasteiger partial charge on any atom is 0.226 e. The van der Waals surface area contributed by atoms with Crippen LogP contribution in [0, 0.1) is 0 Å². The number of hydrogen-bond acceptors (Lipinski definition) is 7. The molecular weight excluding hydrogens is 372 g/mol. The molecule has 0 fully saturated rings. The van der Waals surface area contributed by atoms with Crippen LogP contribution in [-0.4, -0.2) is 43.2 Å². The van der Waals surface area contributed by atoms with Crippen LogP contribution in [0.15, 0.2) is 48.8 Å². The van der Waals surface area contributed by atoms with Crippen molar-refractivity contribution in [2.24, 2.45) is 0 Å². The van der Waals surface area contributed by atoms with Gasteiger partial charge in [-0.25, -0.2) is 4.68 Å². The lowest BCUT2D eigenvalue weighted by Crippen LogP contribution is -2.20. The van der Waals surface area contributed by atoms with E-state index in [1.165, 1.54) is 6.33 Å². The first-order valence-electron chi connectivity index (χ1n) is 9.01. The van der Waals surface area contributed by atoms with Crippen LogP contribution in [0.1, 0.15) is 17.2 Å². The Kier molecular flexibility index (Phi) is 4.99. The molecule has 0 amide bonds. The third kappa shape index (κ3) is 3.33. The number of methoxy groups -OCH3 is 4. The first kappa shape index (κ1) is 18.7. The zero-order valence-electron chi connectivity index (χ0n) is 16.7. The van der Waals surface area contributed by atoms with Crippen molar-refractivity contribution in [2.75, 3.05) is 33.8 Å². The number of fused-ring (bicyclic) bond motifs is 1. The lowest BCUT2D eigenvalue weighted by atomic mass is 10.0. The van der Waals surface area contributed by atoms with E-state index in [-0.39, 0.29) is 6.04 Å². The number of hydrogen-bond donors (Lipinski definition) is 1. The third-order valence-electron chi connectivity index (χ3n) is 4.86. The molecule has 0 saturated carbocycles. The molecule has 0 unspecified atom stereocenters. The first-order chi connectivity index (χ1) is 14.2. The largest absolute Gasteiger partial charge is 0.497 e. The molecule has 4 rings (SSSR count). The SMILES string of the molecule is COc1ccc([C@H]2C=C(c3ccc(OC)c(OC)c3)Nc3ncnn32)c(OC)c1. The van der Waals surface area contributed by atoms with Crippen molar-refractivity contribution in [1.29, 1.82) is 0 Å². The summed E-state index contributed by atoms with van der Waals surface area (Å²) in [6, 6.07) is 11.3. The van der Waals surface area contributed by atoms with Crippen molar-refractivity contribution < 1.29 is 18.9 Å². The van der Waals surface area contributed by atoms with E-state index in [2.05, 4.69) is 21.5 Å². The van der Waals surface area contributed by atoms with Gasteiger partial charge in [0.1, 0.15) is 23.9 Å². The summed E-state index contributed by atoms with van der Waals surface area (Å²) in [7, 11) is 6.50. The van der Waals surface area contributed by atoms with Gasteiger partial charge in [0.15, 0.2) is 11.5 Å². The molecule has 1 aliphatic rings. The molecule has 1 atom stereocenters. The molecule has 2 heterocycles. The van der Waals surface area contributed by atoms with Gasteiger partial charge in [-0.05, 0) is 36.4 Å². The van der Waals surface area contributed by atoms with Gasteiger partial charge < -0.3 is 24.3 Å². The van der Waals surface area contributed by atoms with E-state index in [0.29, 0.717) is 23.2 Å². The van der Waals surface area contributed by atoms with Crippen molar-refractivity contribution in [3.05, 3.63) is 59.9 Å². The van der Waals surface area contributed by atoms with Gasteiger partial charge in [-0.15, -0.1) is 0 Å². The Labute approximate surface area is 168 Å². The van der Waals surface area contributed by atoms with Crippen molar-refractivity contribution >= 4 is 11.6 Å². The molecule has 3 aromatic rings. The molecule has 0 saturated heterocycles. The summed E-state index contributed by atoms with van der Waals surface area (Å²) in [5.41, 5.74) is 2.77. The highest BCUT2D eigenvalue weighted by molar-refractivity contribution is 5.78. The zero-order valence-corrected chi connectivity index (χ0v) is 16.7. The van der Waals surface area contributed by atoms with Gasteiger partial charge in [0.25, 0.3) is 0 Å². The lowest BCUT2D eigenvalue weighted by molar-refractivity contribution is 0.355. The van der Waals surface area contributed by atoms with Crippen molar-refractivity contribution in [3.63, 3.8) is 0 Å². The minimum absolute atomic E-state index is 0.210. The fourth-order valence-corrected chi connectivity index (χ4v) is 3.39. The second kappa shape index (κ2) is 7.75. The summed E-state index contributed by atoms with van der Waals surface area (Å²) in [5, 5.41) is 7.72. The van der Waals surface area contributed by atoms with E-state index >= 15 is 0 Å². The lowest BCUT2D eigenvalue weighted by Gasteiger charge is -2.26. The number of nitrogens with one attached hydrogen (secondary N) is 1. The van der Waals surface area contributed by atoms with Crippen molar-refractivity contribution in [3.8, 4) is 23.0 Å². The standard InChI is InChI=1S/C21H22N4O4/c1-26-14-6-7-15(19(10-14)28-3)17-11-16(24-21-22-12-23-25(17)21)13-5-8-18(27-2)20(9-13)29-4/h5-12,17H,1-4H3,(H,22,23,24)/t17-/m1/s1. The molecule has 0 spiro atoms. The number of benzene rings is 2. The summed E-state index contributed by atoms with van der Waals surface area (Å²) in [6.45, 7) is 0. The number of ether oxygens (including phenoxy) is 4. The summed E-state index contributed by atoms with van der Waals surface area (Å²) in [6.07, 6.45) is 3.60. The summed E-state index contributed by atoms with van der Waals surface area (Å²) < 4.78 is 23.5. The van der Waals surface area contributed by atoms with Gasteiger partial charge >= 0.3 is 0 Å². The van der Waals surface area contributed by atoms with Gasteiger partial charge in [0.05, 0.1) is 28.4 Å². The predicted octanol–water partition coefficient (Wildman–Crippen LogP) is 3.37. The molecule has 1 N–H and O–H groups in total. The van der Waals surface area contributed by atoms with E-state index in [9.17, 15) is 0 Å². The first-order valence-corrected chi connectivity index (χ1v) is 9.01. The topological polar surface area (TPSA) is 79.7 Å². The second-order valence-electron chi connectivity index (χ2n) is 6.36. The van der Waals surface area contributed by atoms with E-state index in [4.69, 9.17) is 18.9 Å². The normalized spacial score (nSPS) is 15.0. The van der Waals surface area contributed by atoms with E-state index in [1.807, 2.05) is 41.1 Å². The molecular formula is C21H22N4O4. The van der Waals surface area contributed by atoms with Gasteiger partial charge in [0.2, 0.25) is 5.95 Å². The Morgan fingerprint density at radius 2 is 1.66 bits per heavy atom. The summed E-state index contributed by atoms with van der Waals surface area (Å²) in [4.78, 5) is 4.35. The molecule has 0 bridgehead atoms. The molecule has 1 aliphatic heterocycles. The Morgan fingerprint density at radius 1 is 0.862 bits per heavy atom. The minimum Gasteiger partial charge on any atom is -0.497 e. The Bertz CT molecular complexity index is 1060. The predicted molar refractivity (Wildman–Crippen MR) is 109 cm³/mol. The third-order valence-corrected chi connectivity index (χ3v) is 4.86. The number of aromatic nitrogens is 3. The van der Waals surface area contributed by atoms with E-state index < -0.39 is 0 Å². The van der Waals surface area contributed by atoms with Gasteiger partial charge in [-0.2, -0.15) is 10.1 Å². The summed E-state index contributed by atoms with van der Waals surface area (Å²) in [5.74, 6) is 3.39. The zero-order chi connectivity index (χ0) is 20.4. The van der Waals surface area contributed by atoms with Crippen LogP contribution in [0.2, 0.25) is 0 Å². The Hall–Kier alpha value is -3.68. The molecule has 8 heteroatoms. The van der Waals surface area contributed by atoms with Gasteiger partial charge in [0, 0.05) is 22.9 Å². The fraction of sp³-hybridized carbons (Fsp3) is 0.238. The quantitative estimate of drug-likeness (QED) is 0.687. The van der Waals surface area contributed by atoms with Gasteiger partial charge in [-0.1, -0.05) is 0 Å². The molecule has 1 aromatic heterocycles. The van der Waals surface area contributed by atoms with Crippen LogP contribution in [-0.2, 0) is 0 Å². The highest BCUT2D eigenvalue weighted by Crippen LogP contribution is 2.39. The molecule has 0 aliphatic carbocycles. The smallest absolute Gasteiger partial charge is 0.226 e. The number of anilines is 1. The van der Waals surface area contributed by atoms with Crippen LogP contribution in [0.25, 0.3) is 5.70 Å². The molecule has 0 radical (unpaired) electrons. The van der Waals surface area contributed by atoms with Crippen molar-refractivity contribution in [1.82, 2.24) is 14.8 Å². The van der Waals surface area contributed by atoms with Crippen LogP contribution in [0.5, 0.6) is 23.0 Å². The maximum absolute atomic E-state index is 5.61. The molecule has 150 valence electrons. The second-order valence-corrected chi connectivity index (χ2v) is 6.36. The highest BCUT2D eigenvalue weighted by Gasteiger charge is 2.26. The van der Waals surface area contributed by atoms with Crippen LogP contribution >= 0.6 is 0 Å². The average Bonchev–Trinajstić information content (AvgIpc) is 3.26. The Balaban J connectivity index is 1.81. The maximum atomic E-state index is 5.61. The van der Waals surface area contributed by atoms with E-state index in [1.54, 1.807) is 28.4 Å². The fourth-order valence-electron chi connectivity index (χ4n) is 3.39. The van der Waals surface area contributed by atoms with E-state index in [0.717, 1.165) is 22.6 Å². The monoisotopic (exact) mass is 394 g/mol. The number of rotatable bonds is 6. The average molecular weight is 394 g/mol. The minimum atomic E-state index is -0.210. The van der Waals surface area contributed by atoms with Crippen molar-refractivity contribution in [2.45, 2.75) is 6.04 Å². The van der Waals surface area contributed by atoms with Crippen LogP contribution < -0.4 is 24.3 Å². The van der Waals surface area contributed by atoms with Gasteiger partial charge in [-0.3, -0.25) is 0 Å².